The summed E-state index contributed by atoms with van der Waals surface area (Å²) in [7, 11) is 0. The highest BCUT2D eigenvalue weighted by Crippen LogP contribution is 2.13. The molecule has 2 aromatic heterocycles. The van der Waals surface area contributed by atoms with Gasteiger partial charge in [-0.15, -0.1) is 0 Å². The number of hydrogen-bond donors (Lipinski definition) is 2. The van der Waals surface area contributed by atoms with Gasteiger partial charge in [-0.2, -0.15) is 5.10 Å². The number of hydrogen-bond acceptors (Lipinski definition) is 6. The smallest absolute Gasteiger partial charge is 0.150 e. The van der Waals surface area contributed by atoms with Crippen LogP contribution in [0.1, 0.15) is 30.8 Å². The minimum absolute atomic E-state index is 0.287. The fourth-order valence-corrected chi connectivity index (χ4v) is 2.73. The quantitative estimate of drug-likeness (QED) is 0.752. The highest BCUT2D eigenvalue weighted by Gasteiger charge is 2.21. The van der Waals surface area contributed by atoms with E-state index in [4.69, 9.17) is 9.15 Å². The van der Waals surface area contributed by atoms with E-state index in [0.29, 0.717) is 19.2 Å². The first-order valence-electron chi connectivity index (χ1n) is 8.18. The van der Waals surface area contributed by atoms with Gasteiger partial charge < -0.3 is 19.6 Å². The van der Waals surface area contributed by atoms with Gasteiger partial charge in [-0.3, -0.25) is 0 Å². The summed E-state index contributed by atoms with van der Waals surface area (Å²) in [4.78, 5) is 4.51. The average molecular weight is 320 g/mol. The van der Waals surface area contributed by atoms with Crippen molar-refractivity contribution in [2.24, 2.45) is 0 Å². The summed E-state index contributed by atoms with van der Waals surface area (Å²) >= 11 is 0. The van der Waals surface area contributed by atoms with E-state index in [1.807, 2.05) is 16.8 Å². The minimum Gasteiger partial charge on any atom is -0.467 e. The molecule has 126 valence electrons. The minimum atomic E-state index is -0.534. The van der Waals surface area contributed by atoms with Crippen LogP contribution in [-0.4, -0.2) is 45.2 Å². The molecule has 0 aromatic carbocycles. The Labute approximate surface area is 135 Å². The lowest BCUT2D eigenvalue weighted by molar-refractivity contribution is 0.0209. The van der Waals surface area contributed by atoms with Crippen molar-refractivity contribution in [2.75, 3.05) is 13.2 Å². The maximum Gasteiger partial charge on any atom is 0.150 e. The number of aryl methyl sites for hydroxylation is 2. The Bertz CT molecular complexity index is 596. The summed E-state index contributed by atoms with van der Waals surface area (Å²) in [5.41, 5.74) is 0. The molecule has 23 heavy (non-hydrogen) atoms. The molecular formula is C16H24N4O3. The highest BCUT2D eigenvalue weighted by molar-refractivity contribution is 4.98. The maximum absolute atomic E-state index is 9.99. The number of aliphatic hydroxyl groups is 1. The molecule has 0 amide bonds. The van der Waals surface area contributed by atoms with Crippen molar-refractivity contribution in [3.8, 4) is 0 Å². The van der Waals surface area contributed by atoms with Gasteiger partial charge in [0.2, 0.25) is 0 Å². The van der Waals surface area contributed by atoms with E-state index in [9.17, 15) is 5.11 Å². The first kappa shape index (κ1) is 16.2. The van der Waals surface area contributed by atoms with Crippen LogP contribution in [0.4, 0.5) is 0 Å². The van der Waals surface area contributed by atoms with Crippen molar-refractivity contribution in [1.29, 1.82) is 0 Å². The molecule has 7 heteroatoms. The van der Waals surface area contributed by atoms with Crippen molar-refractivity contribution in [3.05, 3.63) is 35.8 Å². The van der Waals surface area contributed by atoms with Gasteiger partial charge in [0.05, 0.1) is 25.5 Å². The molecule has 0 spiro atoms. The largest absolute Gasteiger partial charge is 0.467 e. The van der Waals surface area contributed by atoms with E-state index >= 15 is 0 Å². The third kappa shape index (κ3) is 4.40. The van der Waals surface area contributed by atoms with Crippen LogP contribution in [0, 0.1) is 0 Å². The van der Waals surface area contributed by atoms with Crippen LogP contribution in [-0.2, 0) is 30.7 Å². The fourth-order valence-electron chi connectivity index (χ4n) is 2.73. The van der Waals surface area contributed by atoms with E-state index in [2.05, 4.69) is 22.3 Å². The molecule has 0 fully saturated rings. The first-order valence-corrected chi connectivity index (χ1v) is 8.18. The topological polar surface area (TPSA) is 85.3 Å². The molecular weight excluding hydrogens is 296 g/mol. The molecule has 2 N–H and O–H groups in total. The third-order valence-corrected chi connectivity index (χ3v) is 3.99. The Balaban J connectivity index is 1.37. The van der Waals surface area contributed by atoms with Crippen LogP contribution < -0.4 is 5.32 Å². The zero-order valence-electron chi connectivity index (χ0n) is 13.4. The molecule has 0 radical (unpaired) electrons. The predicted molar refractivity (Wildman–Crippen MR) is 83.9 cm³/mol. The zero-order chi connectivity index (χ0) is 16.1. The Morgan fingerprint density at radius 3 is 3.26 bits per heavy atom. The zero-order valence-corrected chi connectivity index (χ0v) is 13.4. The molecule has 0 aliphatic carbocycles. The molecule has 2 aromatic rings. The number of rotatable bonds is 8. The van der Waals surface area contributed by atoms with E-state index in [1.54, 1.807) is 6.26 Å². The van der Waals surface area contributed by atoms with Gasteiger partial charge in [-0.1, -0.05) is 6.92 Å². The van der Waals surface area contributed by atoms with E-state index in [1.165, 1.54) is 0 Å². The summed E-state index contributed by atoms with van der Waals surface area (Å²) < 4.78 is 12.6. The monoisotopic (exact) mass is 320 g/mol. The second-order valence-electron chi connectivity index (χ2n) is 5.87. The second-order valence-corrected chi connectivity index (χ2v) is 5.87. The number of aromatic nitrogens is 3. The predicted octanol–water partition coefficient (Wildman–Crippen LogP) is 0.916. The summed E-state index contributed by atoms with van der Waals surface area (Å²) in [6.45, 7) is 4.05. The van der Waals surface area contributed by atoms with Gasteiger partial charge in [0.1, 0.15) is 18.2 Å². The Morgan fingerprint density at radius 1 is 1.57 bits per heavy atom. The fraction of sp³-hybridized carbons (Fsp3) is 0.625. The SMILES string of the molecule is CCc1nc2n(n1)C[C@@H](NC[C@@H](O)COCc1ccco1)CC2. The number of furan rings is 1. The third-order valence-electron chi connectivity index (χ3n) is 3.99. The van der Waals surface area contributed by atoms with Crippen molar-refractivity contribution in [3.63, 3.8) is 0 Å². The molecule has 1 aliphatic rings. The van der Waals surface area contributed by atoms with E-state index in [-0.39, 0.29) is 6.61 Å². The normalized spacial score (nSPS) is 18.8. The van der Waals surface area contributed by atoms with Crippen LogP contribution in [0.5, 0.6) is 0 Å². The van der Waals surface area contributed by atoms with Gasteiger partial charge in [-0.05, 0) is 18.6 Å². The number of nitrogens with zero attached hydrogens (tertiary/aromatic N) is 3. The molecule has 7 nitrogen and oxygen atoms in total. The Morgan fingerprint density at radius 2 is 2.48 bits per heavy atom. The van der Waals surface area contributed by atoms with Gasteiger partial charge in [0, 0.05) is 25.4 Å². The van der Waals surface area contributed by atoms with Crippen LogP contribution in [0.15, 0.2) is 22.8 Å². The van der Waals surface area contributed by atoms with E-state index in [0.717, 1.165) is 43.2 Å². The van der Waals surface area contributed by atoms with E-state index < -0.39 is 6.10 Å². The average Bonchev–Trinajstić information content (AvgIpc) is 3.21. The van der Waals surface area contributed by atoms with Crippen LogP contribution in [0.2, 0.25) is 0 Å². The molecule has 3 rings (SSSR count). The summed E-state index contributed by atoms with van der Waals surface area (Å²) in [5, 5.41) is 17.9. The van der Waals surface area contributed by atoms with Gasteiger partial charge in [0.15, 0.2) is 5.82 Å². The summed E-state index contributed by atoms with van der Waals surface area (Å²) in [6, 6.07) is 3.99. The molecule has 0 saturated carbocycles. The molecule has 1 aliphatic heterocycles. The highest BCUT2D eigenvalue weighted by atomic mass is 16.5. The lowest BCUT2D eigenvalue weighted by Gasteiger charge is -2.24. The first-order chi connectivity index (χ1) is 11.2. The molecule has 2 atom stereocenters. The summed E-state index contributed by atoms with van der Waals surface area (Å²) in [6.07, 6.45) is 3.89. The number of fused-ring (bicyclic) bond motifs is 1. The molecule has 0 saturated heterocycles. The van der Waals surface area contributed by atoms with Crippen LogP contribution >= 0.6 is 0 Å². The second kappa shape index (κ2) is 7.72. The number of ether oxygens (including phenoxy) is 1. The van der Waals surface area contributed by atoms with Gasteiger partial charge in [-0.25, -0.2) is 9.67 Å². The number of aliphatic hydroxyl groups excluding tert-OH is 1. The van der Waals surface area contributed by atoms with Gasteiger partial charge in [0.25, 0.3) is 0 Å². The molecule has 0 unspecified atom stereocenters. The lowest BCUT2D eigenvalue weighted by Crippen LogP contribution is -2.42. The van der Waals surface area contributed by atoms with Crippen molar-refractivity contribution in [1.82, 2.24) is 20.1 Å². The van der Waals surface area contributed by atoms with Crippen molar-refractivity contribution >= 4 is 0 Å². The van der Waals surface area contributed by atoms with Crippen molar-refractivity contribution < 1.29 is 14.3 Å². The Kier molecular flexibility index (Phi) is 5.43. The standard InChI is InChI=1S/C16H24N4O3/c1-2-15-18-16-6-5-12(9-20(16)19-15)17-8-13(21)10-22-11-14-4-3-7-23-14/h3-4,7,12-13,17,21H,2,5-6,8-11H2,1H3/t12-,13+/m0/s1. The molecule has 3 heterocycles. The Hall–Kier alpha value is -1.70. The van der Waals surface area contributed by atoms with Crippen molar-refractivity contribution in [2.45, 2.75) is 51.5 Å². The van der Waals surface area contributed by atoms with Crippen LogP contribution in [0.3, 0.4) is 0 Å². The number of nitrogens with one attached hydrogen (secondary N) is 1. The maximum atomic E-state index is 9.99. The van der Waals surface area contributed by atoms with Crippen LogP contribution in [0.25, 0.3) is 0 Å². The van der Waals surface area contributed by atoms with Gasteiger partial charge >= 0.3 is 0 Å². The molecule has 0 bridgehead atoms. The lowest BCUT2D eigenvalue weighted by atomic mass is 10.1. The summed E-state index contributed by atoms with van der Waals surface area (Å²) in [5.74, 6) is 2.75.